The standard InChI is InChI=1S/C17H29N3O3S/c1-11-8-12(11)10-20-14-5-4-13(9-15(14)19(3)16(20)21)24(22,23)18-17(2)6-7-17/h11-15,18H,4-10H2,1-3H3. The predicted molar refractivity (Wildman–Crippen MR) is 92.0 cm³/mol. The molecule has 0 radical (unpaired) electrons. The molecule has 0 aromatic heterocycles. The van der Waals surface area contributed by atoms with Crippen LogP contribution in [-0.4, -0.2) is 60.7 Å². The fraction of sp³-hybridized carbons (Fsp3) is 0.941. The second kappa shape index (κ2) is 5.34. The summed E-state index contributed by atoms with van der Waals surface area (Å²) in [6.07, 6.45) is 5.08. The Bertz CT molecular complexity index is 645. The van der Waals surface area contributed by atoms with Crippen molar-refractivity contribution in [2.75, 3.05) is 13.6 Å². The number of nitrogens with zero attached hydrogens (tertiary/aromatic N) is 2. The lowest BCUT2D eigenvalue weighted by atomic mass is 9.90. The number of carbonyl (C=O) groups excluding carboxylic acids is 1. The Kier molecular flexibility index (Phi) is 3.70. The van der Waals surface area contributed by atoms with Gasteiger partial charge in [0, 0.05) is 19.1 Å². The minimum absolute atomic E-state index is 0.0360. The maximum absolute atomic E-state index is 12.7. The highest BCUT2D eigenvalue weighted by Crippen LogP contribution is 2.43. The smallest absolute Gasteiger partial charge is 0.320 e. The van der Waals surface area contributed by atoms with Crippen molar-refractivity contribution >= 4 is 16.1 Å². The summed E-state index contributed by atoms with van der Waals surface area (Å²) in [5.74, 6) is 1.36. The highest BCUT2D eigenvalue weighted by Gasteiger charge is 2.52. The molecule has 3 saturated carbocycles. The van der Waals surface area contributed by atoms with Crippen LogP contribution >= 0.6 is 0 Å². The van der Waals surface area contributed by atoms with Gasteiger partial charge in [-0.2, -0.15) is 0 Å². The molecule has 4 aliphatic rings. The van der Waals surface area contributed by atoms with Crippen molar-refractivity contribution in [3.63, 3.8) is 0 Å². The number of carbonyl (C=O) groups is 1. The molecule has 5 unspecified atom stereocenters. The van der Waals surface area contributed by atoms with Gasteiger partial charge in [0.15, 0.2) is 0 Å². The third kappa shape index (κ3) is 2.83. The van der Waals surface area contributed by atoms with Crippen molar-refractivity contribution in [1.82, 2.24) is 14.5 Å². The minimum Gasteiger partial charge on any atom is -0.323 e. The molecule has 0 bridgehead atoms. The molecule has 3 aliphatic carbocycles. The summed E-state index contributed by atoms with van der Waals surface area (Å²) in [5.41, 5.74) is -0.221. The molecule has 1 N–H and O–H groups in total. The van der Waals surface area contributed by atoms with Crippen molar-refractivity contribution in [2.24, 2.45) is 11.8 Å². The van der Waals surface area contributed by atoms with Crippen LogP contribution in [0.3, 0.4) is 0 Å². The summed E-state index contributed by atoms with van der Waals surface area (Å²) < 4.78 is 28.3. The van der Waals surface area contributed by atoms with E-state index in [9.17, 15) is 13.2 Å². The number of likely N-dealkylation sites (N-methyl/N-ethyl adjacent to an activating group) is 1. The summed E-state index contributed by atoms with van der Waals surface area (Å²) in [4.78, 5) is 16.4. The van der Waals surface area contributed by atoms with E-state index in [1.165, 1.54) is 6.42 Å². The molecular formula is C17H29N3O3S. The molecule has 4 fully saturated rings. The van der Waals surface area contributed by atoms with Crippen molar-refractivity contribution < 1.29 is 13.2 Å². The molecule has 24 heavy (non-hydrogen) atoms. The second-order valence-electron chi connectivity index (χ2n) is 8.80. The van der Waals surface area contributed by atoms with Crippen LogP contribution in [0.25, 0.3) is 0 Å². The number of urea groups is 1. The number of amides is 2. The SMILES string of the molecule is CC1CC1CN1C(=O)N(C)C2CC(S(=O)(=O)NC3(C)CC3)CCC21. The molecule has 0 spiro atoms. The van der Waals surface area contributed by atoms with Crippen LogP contribution in [0.15, 0.2) is 0 Å². The van der Waals surface area contributed by atoms with Gasteiger partial charge in [-0.15, -0.1) is 0 Å². The molecule has 0 aromatic rings. The van der Waals surface area contributed by atoms with E-state index in [1.54, 1.807) is 4.90 Å². The Morgan fingerprint density at radius 3 is 2.46 bits per heavy atom. The average molecular weight is 356 g/mol. The molecule has 1 saturated heterocycles. The molecule has 1 heterocycles. The molecule has 6 nitrogen and oxygen atoms in total. The number of sulfonamides is 1. The van der Waals surface area contributed by atoms with Crippen molar-refractivity contribution in [3.8, 4) is 0 Å². The van der Waals surface area contributed by atoms with E-state index in [4.69, 9.17) is 0 Å². The summed E-state index contributed by atoms with van der Waals surface area (Å²) in [5, 5.41) is -0.369. The van der Waals surface area contributed by atoms with Gasteiger partial charge in [0.1, 0.15) is 0 Å². The topological polar surface area (TPSA) is 69.7 Å². The minimum atomic E-state index is -3.30. The quantitative estimate of drug-likeness (QED) is 0.817. The van der Waals surface area contributed by atoms with Crippen LogP contribution in [0, 0.1) is 11.8 Å². The number of hydrogen-bond acceptors (Lipinski definition) is 3. The monoisotopic (exact) mass is 355 g/mol. The molecule has 136 valence electrons. The van der Waals surface area contributed by atoms with Crippen LogP contribution in [-0.2, 0) is 10.0 Å². The van der Waals surface area contributed by atoms with Gasteiger partial charge in [-0.1, -0.05) is 6.92 Å². The first-order chi connectivity index (χ1) is 11.2. The zero-order chi connectivity index (χ0) is 17.3. The van der Waals surface area contributed by atoms with Gasteiger partial charge in [-0.25, -0.2) is 17.9 Å². The van der Waals surface area contributed by atoms with Gasteiger partial charge in [0.05, 0.1) is 17.3 Å². The molecular weight excluding hydrogens is 326 g/mol. The van der Waals surface area contributed by atoms with E-state index in [1.807, 2.05) is 18.9 Å². The van der Waals surface area contributed by atoms with Crippen LogP contribution < -0.4 is 4.72 Å². The Morgan fingerprint density at radius 2 is 1.88 bits per heavy atom. The lowest BCUT2D eigenvalue weighted by Gasteiger charge is -2.35. The van der Waals surface area contributed by atoms with Gasteiger partial charge >= 0.3 is 6.03 Å². The summed E-state index contributed by atoms with van der Waals surface area (Å²) >= 11 is 0. The van der Waals surface area contributed by atoms with Gasteiger partial charge in [-0.05, 0) is 57.3 Å². The lowest BCUT2D eigenvalue weighted by Crippen LogP contribution is -2.49. The number of nitrogens with one attached hydrogen (secondary N) is 1. The molecule has 1 aliphatic heterocycles. The molecule has 4 rings (SSSR count). The Balaban J connectivity index is 1.46. The van der Waals surface area contributed by atoms with Crippen LogP contribution in [0.4, 0.5) is 4.79 Å². The van der Waals surface area contributed by atoms with Crippen LogP contribution in [0.2, 0.25) is 0 Å². The number of rotatable bonds is 5. The zero-order valence-electron chi connectivity index (χ0n) is 14.9. The van der Waals surface area contributed by atoms with Gasteiger partial charge in [-0.3, -0.25) is 0 Å². The molecule has 0 aromatic carbocycles. The van der Waals surface area contributed by atoms with E-state index in [-0.39, 0.29) is 28.9 Å². The van der Waals surface area contributed by atoms with Gasteiger partial charge in [0.25, 0.3) is 0 Å². The van der Waals surface area contributed by atoms with E-state index in [0.717, 1.165) is 31.7 Å². The highest BCUT2D eigenvalue weighted by atomic mass is 32.2. The first-order valence-corrected chi connectivity index (χ1v) is 10.8. The predicted octanol–water partition coefficient (Wildman–Crippen LogP) is 1.77. The summed E-state index contributed by atoms with van der Waals surface area (Å²) in [6.45, 7) is 5.05. The Labute approximate surface area is 145 Å². The average Bonchev–Trinajstić information content (AvgIpc) is 3.40. The fourth-order valence-electron chi connectivity index (χ4n) is 4.48. The van der Waals surface area contributed by atoms with E-state index < -0.39 is 10.0 Å². The van der Waals surface area contributed by atoms with Gasteiger partial charge in [0.2, 0.25) is 10.0 Å². The molecule has 7 heteroatoms. The van der Waals surface area contributed by atoms with Crippen LogP contribution in [0.1, 0.15) is 52.4 Å². The summed E-state index contributed by atoms with van der Waals surface area (Å²) in [6, 6.07) is 0.316. The zero-order valence-corrected chi connectivity index (χ0v) is 15.7. The van der Waals surface area contributed by atoms with E-state index >= 15 is 0 Å². The maximum Gasteiger partial charge on any atom is 0.320 e. The maximum atomic E-state index is 12.7. The fourth-order valence-corrected chi connectivity index (χ4v) is 6.43. The second-order valence-corrected chi connectivity index (χ2v) is 10.8. The third-order valence-corrected chi connectivity index (χ3v) is 8.80. The third-order valence-electron chi connectivity index (χ3n) is 6.71. The normalized spacial score (nSPS) is 40.6. The van der Waals surface area contributed by atoms with E-state index in [2.05, 4.69) is 11.6 Å². The Morgan fingerprint density at radius 1 is 1.21 bits per heavy atom. The molecule has 2 amide bonds. The van der Waals surface area contributed by atoms with Gasteiger partial charge < -0.3 is 9.80 Å². The van der Waals surface area contributed by atoms with Crippen molar-refractivity contribution in [1.29, 1.82) is 0 Å². The van der Waals surface area contributed by atoms with Crippen molar-refractivity contribution in [3.05, 3.63) is 0 Å². The lowest BCUT2D eigenvalue weighted by molar-refractivity contribution is 0.184. The summed E-state index contributed by atoms with van der Waals surface area (Å²) in [7, 11) is -1.47. The first kappa shape index (κ1) is 16.6. The largest absolute Gasteiger partial charge is 0.323 e. The highest BCUT2D eigenvalue weighted by molar-refractivity contribution is 7.90. The Hall–Kier alpha value is -0.820. The number of hydrogen-bond donors (Lipinski definition) is 1. The van der Waals surface area contributed by atoms with Crippen LogP contribution in [0.5, 0.6) is 0 Å². The van der Waals surface area contributed by atoms with E-state index in [0.29, 0.717) is 18.8 Å². The number of fused-ring (bicyclic) bond motifs is 1. The molecule has 5 atom stereocenters. The van der Waals surface area contributed by atoms with Crippen molar-refractivity contribution in [2.45, 2.75) is 75.2 Å². The first-order valence-electron chi connectivity index (χ1n) is 9.26.